The lowest BCUT2D eigenvalue weighted by Crippen LogP contribution is -2.30. The van der Waals surface area contributed by atoms with Gasteiger partial charge in [-0.05, 0) is 122 Å². The average Bonchev–Trinajstić information content (AvgIpc) is 3.47. The first-order valence-corrected chi connectivity index (χ1v) is 33.7. The molecule has 460 valence electrons. The predicted molar refractivity (Wildman–Crippen MR) is 353 cm³/mol. The summed E-state index contributed by atoms with van der Waals surface area (Å²) in [6.45, 7) is 6.42. The molecule has 0 amide bonds. The van der Waals surface area contributed by atoms with Gasteiger partial charge in [0.05, 0.1) is 6.42 Å². The van der Waals surface area contributed by atoms with Crippen LogP contribution in [0.4, 0.5) is 0 Å². The Morgan fingerprint density at radius 1 is 0.272 bits per heavy atom. The summed E-state index contributed by atoms with van der Waals surface area (Å²) in [6.07, 6.45) is 96.3. The lowest BCUT2D eigenvalue weighted by Gasteiger charge is -2.18. The molecule has 0 heterocycles. The molecule has 0 spiro atoms. The van der Waals surface area contributed by atoms with Gasteiger partial charge in [0.15, 0.2) is 6.10 Å². The van der Waals surface area contributed by atoms with Crippen molar-refractivity contribution in [1.82, 2.24) is 0 Å². The van der Waals surface area contributed by atoms with Crippen molar-refractivity contribution in [3.63, 3.8) is 0 Å². The minimum absolute atomic E-state index is 0.117. The minimum atomic E-state index is -0.832. The van der Waals surface area contributed by atoms with E-state index in [2.05, 4.69) is 142 Å². The summed E-state index contributed by atoms with van der Waals surface area (Å²) < 4.78 is 16.8. The Labute approximate surface area is 500 Å². The first-order valence-electron chi connectivity index (χ1n) is 33.7. The third-order valence-electron chi connectivity index (χ3n) is 14.1. The van der Waals surface area contributed by atoms with Crippen LogP contribution in [0.25, 0.3) is 0 Å². The van der Waals surface area contributed by atoms with Crippen molar-refractivity contribution in [1.29, 1.82) is 0 Å². The molecule has 0 fully saturated rings. The fourth-order valence-corrected chi connectivity index (χ4v) is 9.12. The standard InChI is InChI=1S/C75H124O6/c1-4-7-10-13-16-19-22-25-28-30-32-34-35-36-37-38-39-41-42-44-47-50-53-56-59-62-65-68-74(77)80-71-72(70-79-73(76)67-64-61-58-55-52-49-46-27-24-21-18-15-12-9-6-3)81-75(78)69-66-63-60-57-54-51-48-45-43-40-33-31-29-26-23-20-17-14-11-8-5-2/h9,12,18,21-23,25-27,30-33,35-36,43,45-46,52,55,61,64,72H,4-8,10-11,13-17,19-20,24,28-29,34,37-42,44,47-51,53-54,56-60,62-63,65-71H2,1-3H3/b12-9-,21-18-,25-22-,26-23-,32-30-,33-31-,36-35-,45-43-,46-27-,55-52-,64-61-. The Hall–Kier alpha value is -4.45. The number of rotatable bonds is 60. The largest absolute Gasteiger partial charge is 0.462 e. The van der Waals surface area contributed by atoms with Crippen LogP contribution < -0.4 is 0 Å². The highest BCUT2D eigenvalue weighted by atomic mass is 16.6. The maximum absolute atomic E-state index is 12.9. The van der Waals surface area contributed by atoms with Crippen LogP contribution in [0.5, 0.6) is 0 Å². The van der Waals surface area contributed by atoms with Crippen LogP contribution >= 0.6 is 0 Å². The molecule has 0 aromatic carbocycles. The Bertz CT molecular complexity index is 1720. The third kappa shape index (κ3) is 66.2. The maximum Gasteiger partial charge on any atom is 0.309 e. The Balaban J connectivity index is 4.43. The van der Waals surface area contributed by atoms with E-state index in [4.69, 9.17) is 14.2 Å². The number of esters is 3. The van der Waals surface area contributed by atoms with Gasteiger partial charge in [-0.25, -0.2) is 0 Å². The van der Waals surface area contributed by atoms with E-state index < -0.39 is 12.1 Å². The second kappa shape index (κ2) is 68.1. The van der Waals surface area contributed by atoms with E-state index in [0.29, 0.717) is 12.8 Å². The summed E-state index contributed by atoms with van der Waals surface area (Å²) in [5.41, 5.74) is 0. The van der Waals surface area contributed by atoms with Crippen molar-refractivity contribution >= 4 is 17.9 Å². The average molecular weight is 1120 g/mol. The monoisotopic (exact) mass is 1120 g/mol. The summed E-state index contributed by atoms with van der Waals surface area (Å²) >= 11 is 0. The second-order valence-corrected chi connectivity index (χ2v) is 22.0. The summed E-state index contributed by atoms with van der Waals surface area (Å²) in [7, 11) is 0. The van der Waals surface area contributed by atoms with Crippen LogP contribution in [-0.4, -0.2) is 37.2 Å². The summed E-state index contributed by atoms with van der Waals surface area (Å²) in [5.74, 6) is -1.06. The number of carbonyl (C=O) groups excluding carboxylic acids is 3. The van der Waals surface area contributed by atoms with Crippen molar-refractivity contribution in [3.8, 4) is 0 Å². The minimum Gasteiger partial charge on any atom is -0.462 e. The molecule has 0 radical (unpaired) electrons. The van der Waals surface area contributed by atoms with Crippen LogP contribution in [0.1, 0.15) is 303 Å². The van der Waals surface area contributed by atoms with E-state index in [-0.39, 0.29) is 31.6 Å². The lowest BCUT2D eigenvalue weighted by molar-refractivity contribution is -0.166. The van der Waals surface area contributed by atoms with E-state index >= 15 is 0 Å². The number of hydrogen-bond acceptors (Lipinski definition) is 6. The molecule has 1 atom stereocenters. The van der Waals surface area contributed by atoms with Crippen molar-refractivity contribution in [2.45, 2.75) is 309 Å². The van der Waals surface area contributed by atoms with E-state index in [1.807, 2.05) is 6.08 Å². The molecule has 1 unspecified atom stereocenters. The van der Waals surface area contributed by atoms with Crippen molar-refractivity contribution in [2.24, 2.45) is 0 Å². The van der Waals surface area contributed by atoms with Crippen LogP contribution in [0.3, 0.4) is 0 Å². The van der Waals surface area contributed by atoms with Gasteiger partial charge in [-0.1, -0.05) is 296 Å². The summed E-state index contributed by atoms with van der Waals surface area (Å²) in [6, 6.07) is 0. The van der Waals surface area contributed by atoms with Gasteiger partial charge < -0.3 is 14.2 Å². The van der Waals surface area contributed by atoms with Gasteiger partial charge in [-0.3, -0.25) is 14.4 Å². The van der Waals surface area contributed by atoms with Gasteiger partial charge in [-0.15, -0.1) is 0 Å². The number of hydrogen-bond donors (Lipinski definition) is 0. The highest BCUT2D eigenvalue weighted by Crippen LogP contribution is 2.15. The molecule has 0 aromatic heterocycles. The Morgan fingerprint density at radius 2 is 0.531 bits per heavy atom. The molecule has 0 N–H and O–H groups in total. The first kappa shape index (κ1) is 76.5. The molecule has 0 saturated carbocycles. The lowest BCUT2D eigenvalue weighted by atomic mass is 10.0. The van der Waals surface area contributed by atoms with E-state index in [9.17, 15) is 14.4 Å². The van der Waals surface area contributed by atoms with Gasteiger partial charge in [0, 0.05) is 12.8 Å². The molecule has 0 aromatic rings. The van der Waals surface area contributed by atoms with E-state index in [0.717, 1.165) is 109 Å². The van der Waals surface area contributed by atoms with Gasteiger partial charge in [0.1, 0.15) is 13.2 Å². The smallest absolute Gasteiger partial charge is 0.309 e. The summed E-state index contributed by atoms with van der Waals surface area (Å²) in [5, 5.41) is 0. The van der Waals surface area contributed by atoms with Crippen LogP contribution in [0.2, 0.25) is 0 Å². The third-order valence-corrected chi connectivity index (χ3v) is 14.1. The molecule has 81 heavy (non-hydrogen) atoms. The molecule has 0 saturated heterocycles. The number of allylic oxidation sites excluding steroid dienone is 21. The normalized spacial score (nSPS) is 13.0. The van der Waals surface area contributed by atoms with Gasteiger partial charge in [0.25, 0.3) is 0 Å². The molecular weight excluding hydrogens is 997 g/mol. The summed E-state index contributed by atoms with van der Waals surface area (Å²) in [4.78, 5) is 38.3. The van der Waals surface area contributed by atoms with Crippen molar-refractivity contribution < 1.29 is 28.6 Å². The zero-order chi connectivity index (χ0) is 58.5. The molecule has 6 heteroatoms. The van der Waals surface area contributed by atoms with Crippen molar-refractivity contribution in [3.05, 3.63) is 134 Å². The zero-order valence-electron chi connectivity index (χ0n) is 52.8. The maximum atomic E-state index is 12.9. The van der Waals surface area contributed by atoms with Gasteiger partial charge in [0.2, 0.25) is 0 Å². The highest BCUT2D eigenvalue weighted by molar-refractivity contribution is 5.72. The second-order valence-electron chi connectivity index (χ2n) is 22.0. The van der Waals surface area contributed by atoms with Crippen molar-refractivity contribution in [2.75, 3.05) is 13.2 Å². The van der Waals surface area contributed by atoms with Gasteiger partial charge >= 0.3 is 17.9 Å². The Morgan fingerprint density at radius 3 is 0.864 bits per heavy atom. The number of ether oxygens (including phenoxy) is 3. The zero-order valence-corrected chi connectivity index (χ0v) is 52.8. The topological polar surface area (TPSA) is 78.9 Å². The molecular formula is C75H124O6. The Kier molecular flexibility index (Phi) is 64.3. The van der Waals surface area contributed by atoms with Crippen LogP contribution in [0.15, 0.2) is 134 Å². The van der Waals surface area contributed by atoms with E-state index in [1.54, 1.807) is 6.08 Å². The fraction of sp³-hybridized carbons (Fsp3) is 0.667. The SMILES string of the molecule is CC/C=C\C/C=C\C/C=C\C/C=C\C/C=C\CC(=O)OCC(COC(=O)CCCCCCCCCCCCCC/C=C\C/C=C\C/C=C\CCCCCCC)OC(=O)CCCCCCCC/C=C\C/C=C\C/C=C\CCCCCCC. The molecule has 0 aliphatic heterocycles. The molecule has 0 bridgehead atoms. The molecule has 0 rings (SSSR count). The fourth-order valence-electron chi connectivity index (χ4n) is 9.12. The molecule has 0 aliphatic carbocycles. The quantitative estimate of drug-likeness (QED) is 0.0261. The van der Waals surface area contributed by atoms with Crippen LogP contribution in [-0.2, 0) is 28.6 Å². The first-order chi connectivity index (χ1) is 40.0. The number of unbranched alkanes of at least 4 members (excludes halogenated alkanes) is 28. The highest BCUT2D eigenvalue weighted by Gasteiger charge is 2.19. The number of carbonyl (C=O) groups is 3. The van der Waals surface area contributed by atoms with E-state index in [1.165, 1.54) is 154 Å². The van der Waals surface area contributed by atoms with Crippen LogP contribution in [0, 0.1) is 0 Å². The molecule has 0 aliphatic rings. The van der Waals surface area contributed by atoms with Gasteiger partial charge in [-0.2, -0.15) is 0 Å². The molecule has 6 nitrogen and oxygen atoms in total. The predicted octanol–water partition coefficient (Wildman–Crippen LogP) is 23.3.